The Bertz CT molecular complexity index is 541. The van der Waals surface area contributed by atoms with Gasteiger partial charge in [-0.25, -0.2) is 0 Å². The van der Waals surface area contributed by atoms with Gasteiger partial charge in [-0.3, -0.25) is 0 Å². The van der Waals surface area contributed by atoms with Crippen molar-refractivity contribution in [2.75, 3.05) is 13.1 Å². The standard InChI is InChI=1S/C18H24F3NO/c1-12(14-5-3-9-22(11-14)16-7-8-16)17(23)13-4-2-6-15(10-13)18(19,20)21/h2,4,6,10,12,14,16-17,23H,3,5,7-9,11H2,1H3. The molecule has 1 aromatic rings. The Labute approximate surface area is 135 Å². The van der Waals surface area contributed by atoms with Crippen molar-refractivity contribution >= 4 is 0 Å². The molecular weight excluding hydrogens is 303 g/mol. The normalized spacial score (nSPS) is 26.0. The first-order valence-corrected chi connectivity index (χ1v) is 8.45. The summed E-state index contributed by atoms with van der Waals surface area (Å²) in [5, 5.41) is 10.6. The molecule has 2 aliphatic rings. The molecule has 23 heavy (non-hydrogen) atoms. The molecule has 128 valence electrons. The van der Waals surface area contributed by atoms with Gasteiger partial charge in [0.15, 0.2) is 0 Å². The summed E-state index contributed by atoms with van der Waals surface area (Å²) in [6.07, 6.45) is -0.538. The van der Waals surface area contributed by atoms with Crippen LogP contribution in [-0.2, 0) is 6.18 Å². The predicted molar refractivity (Wildman–Crippen MR) is 82.9 cm³/mol. The van der Waals surface area contributed by atoms with Gasteiger partial charge in [-0.15, -0.1) is 0 Å². The largest absolute Gasteiger partial charge is 0.416 e. The maximum absolute atomic E-state index is 12.8. The monoisotopic (exact) mass is 327 g/mol. The van der Waals surface area contributed by atoms with Gasteiger partial charge in [0, 0.05) is 12.6 Å². The highest BCUT2D eigenvalue weighted by atomic mass is 19.4. The summed E-state index contributed by atoms with van der Waals surface area (Å²) in [7, 11) is 0. The number of hydrogen-bond donors (Lipinski definition) is 1. The van der Waals surface area contributed by atoms with Crippen LogP contribution in [0.3, 0.4) is 0 Å². The van der Waals surface area contributed by atoms with Crippen LogP contribution in [0.5, 0.6) is 0 Å². The molecule has 1 aromatic carbocycles. The first-order valence-electron chi connectivity index (χ1n) is 8.45. The van der Waals surface area contributed by atoms with Crippen molar-refractivity contribution in [2.45, 2.75) is 50.9 Å². The molecule has 1 aliphatic heterocycles. The number of aliphatic hydroxyl groups excluding tert-OH is 1. The molecule has 1 saturated carbocycles. The molecule has 2 nitrogen and oxygen atoms in total. The van der Waals surface area contributed by atoms with E-state index in [1.807, 2.05) is 6.92 Å². The minimum Gasteiger partial charge on any atom is -0.388 e. The van der Waals surface area contributed by atoms with Crippen LogP contribution in [0.15, 0.2) is 24.3 Å². The number of piperidine rings is 1. The van der Waals surface area contributed by atoms with E-state index in [9.17, 15) is 18.3 Å². The van der Waals surface area contributed by atoms with Crippen LogP contribution in [0.2, 0.25) is 0 Å². The fourth-order valence-electron chi connectivity index (χ4n) is 3.70. The van der Waals surface area contributed by atoms with Crippen molar-refractivity contribution in [3.05, 3.63) is 35.4 Å². The van der Waals surface area contributed by atoms with Gasteiger partial charge in [0.25, 0.3) is 0 Å². The van der Waals surface area contributed by atoms with Crippen molar-refractivity contribution in [1.82, 2.24) is 4.90 Å². The van der Waals surface area contributed by atoms with Crippen LogP contribution in [0.1, 0.15) is 49.8 Å². The van der Waals surface area contributed by atoms with Gasteiger partial charge in [0.1, 0.15) is 0 Å². The lowest BCUT2D eigenvalue weighted by atomic mass is 9.81. The van der Waals surface area contributed by atoms with Gasteiger partial charge in [-0.05, 0) is 61.8 Å². The van der Waals surface area contributed by atoms with E-state index in [-0.39, 0.29) is 5.92 Å². The van der Waals surface area contributed by atoms with E-state index in [0.717, 1.165) is 38.1 Å². The summed E-state index contributed by atoms with van der Waals surface area (Å²) in [6.45, 7) is 4.04. The molecule has 1 saturated heterocycles. The zero-order valence-corrected chi connectivity index (χ0v) is 13.4. The lowest BCUT2D eigenvalue weighted by molar-refractivity contribution is -0.137. The molecular formula is C18H24F3NO. The van der Waals surface area contributed by atoms with E-state index < -0.39 is 17.8 Å². The zero-order valence-electron chi connectivity index (χ0n) is 13.4. The third-order valence-corrected chi connectivity index (χ3v) is 5.35. The summed E-state index contributed by atoms with van der Waals surface area (Å²) in [5.74, 6) is 0.300. The Balaban J connectivity index is 1.70. The minimum atomic E-state index is -4.37. The third kappa shape index (κ3) is 3.89. The molecule has 0 aromatic heterocycles. The van der Waals surface area contributed by atoms with Crippen LogP contribution >= 0.6 is 0 Å². The maximum atomic E-state index is 12.8. The number of hydrogen-bond acceptors (Lipinski definition) is 2. The number of nitrogens with zero attached hydrogens (tertiary/aromatic N) is 1. The fourth-order valence-corrected chi connectivity index (χ4v) is 3.70. The minimum absolute atomic E-state index is 0.0416. The highest BCUT2D eigenvalue weighted by molar-refractivity contribution is 5.27. The topological polar surface area (TPSA) is 23.5 Å². The quantitative estimate of drug-likeness (QED) is 0.894. The van der Waals surface area contributed by atoms with Gasteiger partial charge in [0.05, 0.1) is 11.7 Å². The molecule has 1 N–H and O–H groups in total. The third-order valence-electron chi connectivity index (χ3n) is 5.35. The molecule has 3 atom stereocenters. The summed E-state index contributed by atoms with van der Waals surface area (Å²) >= 11 is 0. The molecule has 5 heteroatoms. The van der Waals surface area contributed by atoms with Gasteiger partial charge in [0.2, 0.25) is 0 Å². The van der Waals surface area contributed by atoms with Crippen LogP contribution < -0.4 is 0 Å². The Hall–Kier alpha value is -1.07. The number of aliphatic hydroxyl groups is 1. The number of rotatable bonds is 4. The van der Waals surface area contributed by atoms with E-state index >= 15 is 0 Å². The van der Waals surface area contributed by atoms with Crippen molar-refractivity contribution in [3.63, 3.8) is 0 Å². The van der Waals surface area contributed by atoms with Gasteiger partial charge >= 0.3 is 6.18 Å². The number of likely N-dealkylation sites (tertiary alicyclic amines) is 1. The molecule has 3 rings (SSSR count). The van der Waals surface area contributed by atoms with Crippen LogP contribution in [-0.4, -0.2) is 29.1 Å². The summed E-state index contributed by atoms with van der Waals surface area (Å²) < 4.78 is 38.5. The van der Waals surface area contributed by atoms with E-state index in [1.54, 1.807) is 6.07 Å². The van der Waals surface area contributed by atoms with Gasteiger partial charge < -0.3 is 10.0 Å². The summed E-state index contributed by atoms with van der Waals surface area (Å²) in [4.78, 5) is 2.49. The van der Waals surface area contributed by atoms with E-state index in [1.165, 1.54) is 18.9 Å². The maximum Gasteiger partial charge on any atom is 0.416 e. The second kappa shape index (κ2) is 6.44. The molecule has 0 radical (unpaired) electrons. The zero-order chi connectivity index (χ0) is 16.6. The SMILES string of the molecule is CC(C1CCCN(C2CC2)C1)C(O)c1cccc(C(F)(F)F)c1. The summed E-state index contributed by atoms with van der Waals surface area (Å²) in [5.41, 5.74) is -0.319. The molecule has 0 spiro atoms. The van der Waals surface area contributed by atoms with Crippen LogP contribution in [0, 0.1) is 11.8 Å². The van der Waals surface area contributed by atoms with Crippen LogP contribution in [0.25, 0.3) is 0 Å². The number of halogens is 3. The Kier molecular flexibility index (Phi) is 4.70. The Morgan fingerprint density at radius 1 is 1.22 bits per heavy atom. The van der Waals surface area contributed by atoms with E-state index in [0.29, 0.717) is 17.5 Å². The molecule has 0 bridgehead atoms. The first-order chi connectivity index (χ1) is 10.9. The second-order valence-electron chi connectivity index (χ2n) is 7.06. The number of benzene rings is 1. The van der Waals surface area contributed by atoms with E-state index in [4.69, 9.17) is 0 Å². The van der Waals surface area contributed by atoms with Crippen molar-refractivity contribution in [2.24, 2.45) is 11.8 Å². The molecule has 3 unspecified atom stereocenters. The van der Waals surface area contributed by atoms with Gasteiger partial charge in [-0.2, -0.15) is 13.2 Å². The lowest BCUT2D eigenvalue weighted by Crippen LogP contribution is -2.40. The van der Waals surface area contributed by atoms with Crippen LogP contribution in [0.4, 0.5) is 13.2 Å². The highest BCUT2D eigenvalue weighted by Crippen LogP contribution is 2.38. The Morgan fingerprint density at radius 3 is 2.61 bits per heavy atom. The number of alkyl halides is 3. The van der Waals surface area contributed by atoms with Crippen molar-refractivity contribution in [1.29, 1.82) is 0 Å². The smallest absolute Gasteiger partial charge is 0.388 e. The Morgan fingerprint density at radius 2 is 1.96 bits per heavy atom. The average molecular weight is 327 g/mol. The average Bonchev–Trinajstić information content (AvgIpc) is 3.38. The fraction of sp³-hybridized carbons (Fsp3) is 0.667. The highest BCUT2D eigenvalue weighted by Gasteiger charge is 2.36. The second-order valence-corrected chi connectivity index (χ2v) is 7.06. The van der Waals surface area contributed by atoms with E-state index in [2.05, 4.69) is 4.90 Å². The summed E-state index contributed by atoms with van der Waals surface area (Å²) in [6, 6.07) is 5.82. The van der Waals surface area contributed by atoms with Gasteiger partial charge in [-0.1, -0.05) is 19.1 Å². The molecule has 1 aliphatic carbocycles. The predicted octanol–water partition coefficient (Wildman–Crippen LogP) is 4.25. The lowest BCUT2D eigenvalue weighted by Gasteiger charge is -2.37. The van der Waals surface area contributed by atoms with Crippen molar-refractivity contribution in [3.8, 4) is 0 Å². The molecule has 1 heterocycles. The first kappa shape index (κ1) is 16.8. The molecule has 2 fully saturated rings. The molecule has 0 amide bonds. The van der Waals surface area contributed by atoms with Crippen molar-refractivity contribution < 1.29 is 18.3 Å².